The fourth-order valence-corrected chi connectivity index (χ4v) is 4.20. The van der Waals surface area contributed by atoms with Crippen molar-refractivity contribution < 1.29 is 22.7 Å². The number of alkyl halides is 3. The van der Waals surface area contributed by atoms with Crippen LogP contribution < -0.4 is 5.32 Å². The third kappa shape index (κ3) is 4.66. The number of rotatable bonds is 3. The summed E-state index contributed by atoms with van der Waals surface area (Å²) in [5.41, 5.74) is 3.89. The van der Waals surface area contributed by atoms with Crippen LogP contribution >= 0.6 is 15.9 Å². The van der Waals surface area contributed by atoms with E-state index in [-0.39, 0.29) is 29.1 Å². The highest BCUT2D eigenvalue weighted by Gasteiger charge is 2.33. The van der Waals surface area contributed by atoms with Gasteiger partial charge in [-0.1, -0.05) is 76.3 Å². The second-order valence-corrected chi connectivity index (χ2v) is 8.03. The lowest BCUT2D eigenvalue weighted by molar-refractivity contribution is -0.138. The molecule has 7 heteroatoms. The number of amides is 1. The van der Waals surface area contributed by atoms with Crippen molar-refractivity contribution in [2.75, 3.05) is 13.2 Å². The van der Waals surface area contributed by atoms with Gasteiger partial charge in [-0.3, -0.25) is 0 Å². The molecule has 0 unspecified atom stereocenters. The van der Waals surface area contributed by atoms with Gasteiger partial charge in [-0.2, -0.15) is 13.2 Å². The largest absolute Gasteiger partial charge is 0.449 e. The molecule has 0 atom stereocenters. The SMILES string of the molecule is O=C(NCC#Cc1ccc(Br)c(C(F)(F)F)c1)OCC1c2ccccc2-c2ccccc21. The highest BCUT2D eigenvalue weighted by atomic mass is 79.9. The van der Waals surface area contributed by atoms with E-state index in [9.17, 15) is 18.0 Å². The van der Waals surface area contributed by atoms with E-state index in [4.69, 9.17) is 4.74 Å². The van der Waals surface area contributed by atoms with Gasteiger partial charge < -0.3 is 10.1 Å². The van der Waals surface area contributed by atoms with Crippen LogP contribution in [0.15, 0.2) is 71.2 Å². The summed E-state index contributed by atoms with van der Waals surface area (Å²) in [6.07, 6.45) is -5.11. The van der Waals surface area contributed by atoms with Gasteiger partial charge in [0.05, 0.1) is 12.1 Å². The second kappa shape index (κ2) is 9.09. The molecule has 1 amide bonds. The van der Waals surface area contributed by atoms with Crippen molar-refractivity contribution in [3.63, 3.8) is 0 Å². The second-order valence-electron chi connectivity index (χ2n) is 7.17. The van der Waals surface area contributed by atoms with Crippen molar-refractivity contribution in [1.29, 1.82) is 0 Å². The van der Waals surface area contributed by atoms with Crippen LogP contribution in [0, 0.1) is 11.8 Å². The van der Waals surface area contributed by atoms with Crippen molar-refractivity contribution in [2.24, 2.45) is 0 Å². The Labute approximate surface area is 191 Å². The molecular formula is C25H17BrF3NO2. The summed E-state index contributed by atoms with van der Waals surface area (Å²) in [7, 11) is 0. The van der Waals surface area contributed by atoms with E-state index in [0.29, 0.717) is 0 Å². The molecule has 0 fully saturated rings. The van der Waals surface area contributed by atoms with Crippen LogP contribution in [0.3, 0.4) is 0 Å². The number of halogens is 4. The van der Waals surface area contributed by atoms with Crippen molar-refractivity contribution in [1.82, 2.24) is 5.32 Å². The number of nitrogens with one attached hydrogen (secondary N) is 1. The Morgan fingerprint density at radius 3 is 2.25 bits per heavy atom. The van der Waals surface area contributed by atoms with Gasteiger partial charge in [-0.05, 0) is 40.5 Å². The smallest absolute Gasteiger partial charge is 0.417 e. The minimum absolute atomic E-state index is 0.0475. The standard InChI is InChI=1S/C25H17BrF3NO2/c26-23-12-11-16(14-22(23)25(27,28)29)6-5-13-30-24(31)32-15-21-19-9-3-1-7-17(19)18-8-2-4-10-20(18)21/h1-4,7-12,14,21H,13,15H2,(H,30,31). The van der Waals surface area contributed by atoms with E-state index in [1.807, 2.05) is 36.4 Å². The molecule has 4 rings (SSSR count). The fourth-order valence-electron chi connectivity index (χ4n) is 3.73. The van der Waals surface area contributed by atoms with Gasteiger partial charge in [-0.15, -0.1) is 0 Å². The predicted molar refractivity (Wildman–Crippen MR) is 119 cm³/mol. The lowest BCUT2D eigenvalue weighted by atomic mass is 9.98. The average Bonchev–Trinajstić information content (AvgIpc) is 3.09. The molecule has 3 aromatic rings. The zero-order chi connectivity index (χ0) is 22.7. The quantitative estimate of drug-likeness (QED) is 0.426. The van der Waals surface area contributed by atoms with Crippen LogP contribution in [0.4, 0.5) is 18.0 Å². The van der Waals surface area contributed by atoms with Crippen molar-refractivity contribution in [3.05, 3.63) is 93.5 Å². The number of fused-ring (bicyclic) bond motifs is 3. The molecule has 0 saturated heterocycles. The molecule has 3 aromatic carbocycles. The summed E-state index contributed by atoms with van der Waals surface area (Å²) in [4.78, 5) is 12.1. The van der Waals surface area contributed by atoms with E-state index >= 15 is 0 Å². The molecule has 32 heavy (non-hydrogen) atoms. The maximum atomic E-state index is 13.0. The Hall–Kier alpha value is -3.24. The van der Waals surface area contributed by atoms with Gasteiger partial charge in [0.2, 0.25) is 0 Å². The average molecular weight is 500 g/mol. The zero-order valence-electron chi connectivity index (χ0n) is 16.7. The topological polar surface area (TPSA) is 38.3 Å². The number of carbonyl (C=O) groups excluding carboxylic acids is 1. The third-order valence-corrected chi connectivity index (χ3v) is 5.86. The number of carbonyl (C=O) groups is 1. The number of alkyl carbamates (subject to hydrolysis) is 1. The van der Waals surface area contributed by atoms with Crippen LogP contribution in [-0.2, 0) is 10.9 Å². The minimum atomic E-state index is -4.48. The van der Waals surface area contributed by atoms with E-state index in [0.717, 1.165) is 28.3 Å². The van der Waals surface area contributed by atoms with E-state index in [1.54, 1.807) is 0 Å². The molecular weight excluding hydrogens is 483 g/mol. The van der Waals surface area contributed by atoms with Gasteiger partial charge in [0, 0.05) is 16.0 Å². The van der Waals surface area contributed by atoms with Crippen molar-refractivity contribution in [3.8, 4) is 23.0 Å². The Balaban J connectivity index is 1.35. The molecule has 1 N–H and O–H groups in total. The summed E-state index contributed by atoms with van der Waals surface area (Å²) < 4.78 is 44.3. The maximum Gasteiger partial charge on any atom is 0.417 e. The first-order chi connectivity index (χ1) is 15.3. The van der Waals surface area contributed by atoms with Gasteiger partial charge >= 0.3 is 12.3 Å². The normalized spacial score (nSPS) is 12.4. The minimum Gasteiger partial charge on any atom is -0.449 e. The number of hydrogen-bond donors (Lipinski definition) is 1. The molecule has 0 spiro atoms. The molecule has 3 nitrogen and oxygen atoms in total. The zero-order valence-corrected chi connectivity index (χ0v) is 18.3. The number of hydrogen-bond acceptors (Lipinski definition) is 2. The van der Waals surface area contributed by atoms with Crippen LogP contribution in [0.25, 0.3) is 11.1 Å². The van der Waals surface area contributed by atoms with Gasteiger partial charge in [-0.25, -0.2) is 4.79 Å². The maximum absolute atomic E-state index is 13.0. The van der Waals surface area contributed by atoms with Gasteiger partial charge in [0.25, 0.3) is 0 Å². The molecule has 0 radical (unpaired) electrons. The first-order valence-electron chi connectivity index (χ1n) is 9.79. The number of ether oxygens (including phenoxy) is 1. The van der Waals surface area contributed by atoms with Gasteiger partial charge in [0.1, 0.15) is 6.61 Å². The van der Waals surface area contributed by atoms with Crippen LogP contribution in [-0.4, -0.2) is 19.2 Å². The summed E-state index contributed by atoms with van der Waals surface area (Å²) in [5.74, 6) is 5.21. The summed E-state index contributed by atoms with van der Waals surface area (Å²) in [5, 5.41) is 2.51. The first-order valence-corrected chi connectivity index (χ1v) is 10.6. The number of benzene rings is 3. The fraction of sp³-hybridized carbons (Fsp3) is 0.160. The molecule has 0 aliphatic heterocycles. The van der Waals surface area contributed by atoms with Crippen molar-refractivity contribution >= 4 is 22.0 Å². The predicted octanol–water partition coefficient (Wildman–Crippen LogP) is 6.36. The molecule has 0 heterocycles. The Bertz CT molecular complexity index is 1180. The van der Waals surface area contributed by atoms with E-state index in [1.165, 1.54) is 12.1 Å². The Morgan fingerprint density at radius 2 is 1.62 bits per heavy atom. The Kier molecular flexibility index (Phi) is 6.24. The molecule has 0 aromatic heterocycles. The summed E-state index contributed by atoms with van der Waals surface area (Å²) >= 11 is 2.89. The first kappa shape index (κ1) is 22.0. The van der Waals surface area contributed by atoms with Gasteiger partial charge in [0.15, 0.2) is 0 Å². The van der Waals surface area contributed by atoms with E-state index < -0.39 is 17.8 Å². The molecule has 1 aliphatic carbocycles. The lowest BCUT2D eigenvalue weighted by Gasteiger charge is -2.14. The molecule has 0 bridgehead atoms. The third-order valence-electron chi connectivity index (χ3n) is 5.17. The lowest BCUT2D eigenvalue weighted by Crippen LogP contribution is -2.26. The molecule has 1 aliphatic rings. The summed E-state index contributed by atoms with van der Waals surface area (Å²) in [6.45, 7) is 0.128. The van der Waals surface area contributed by atoms with Crippen LogP contribution in [0.2, 0.25) is 0 Å². The summed E-state index contributed by atoms with van der Waals surface area (Å²) in [6, 6.07) is 19.8. The highest BCUT2D eigenvalue weighted by molar-refractivity contribution is 9.10. The Morgan fingerprint density at radius 1 is 1.00 bits per heavy atom. The highest BCUT2D eigenvalue weighted by Crippen LogP contribution is 2.44. The van der Waals surface area contributed by atoms with Crippen LogP contribution in [0.5, 0.6) is 0 Å². The van der Waals surface area contributed by atoms with Crippen LogP contribution in [0.1, 0.15) is 28.2 Å². The molecule has 162 valence electrons. The van der Waals surface area contributed by atoms with Crippen molar-refractivity contribution in [2.45, 2.75) is 12.1 Å². The molecule has 0 saturated carbocycles. The van der Waals surface area contributed by atoms with E-state index in [2.05, 4.69) is 45.2 Å². The monoisotopic (exact) mass is 499 g/mol.